The van der Waals surface area contributed by atoms with Gasteiger partial charge in [-0.3, -0.25) is 4.79 Å². The summed E-state index contributed by atoms with van der Waals surface area (Å²) in [7, 11) is 0. The Morgan fingerprint density at radius 1 is 1.89 bits per heavy atom. The third-order valence-electron chi connectivity index (χ3n) is 1.15. The number of hydrogen-bond acceptors (Lipinski definition) is 3. The highest BCUT2D eigenvalue weighted by Gasteiger charge is 2.24. The Labute approximate surface area is 52.5 Å². The van der Waals surface area contributed by atoms with Crippen LogP contribution >= 0.6 is 0 Å². The van der Waals surface area contributed by atoms with Gasteiger partial charge in [0.1, 0.15) is 17.9 Å². The predicted molar refractivity (Wildman–Crippen MR) is 29.2 cm³/mol. The molecule has 0 aromatic rings. The average molecular weight is 123 g/mol. The van der Waals surface area contributed by atoms with E-state index in [4.69, 9.17) is 10.00 Å². The van der Waals surface area contributed by atoms with Crippen molar-refractivity contribution in [2.45, 2.75) is 13.0 Å². The molecule has 0 aromatic heterocycles. The van der Waals surface area contributed by atoms with Gasteiger partial charge in [-0.15, -0.1) is 0 Å². The van der Waals surface area contributed by atoms with Crippen LogP contribution < -0.4 is 0 Å². The molecule has 0 aliphatic carbocycles. The number of ether oxygens (including phenoxy) is 1. The van der Waals surface area contributed by atoms with Gasteiger partial charge in [-0.2, -0.15) is 5.26 Å². The second kappa shape index (κ2) is 1.90. The van der Waals surface area contributed by atoms with E-state index in [9.17, 15) is 4.79 Å². The summed E-state index contributed by atoms with van der Waals surface area (Å²) in [6.07, 6.45) is 0.743. The smallest absolute Gasteiger partial charge is 0.216 e. The standard InChI is InChI=1S/C6H5NO2/c1-4-6(8)5(2-7)3-9-4/h3-4H,1H3. The van der Waals surface area contributed by atoms with Crippen molar-refractivity contribution in [2.24, 2.45) is 0 Å². The molecule has 1 heterocycles. The highest BCUT2D eigenvalue weighted by atomic mass is 16.5. The van der Waals surface area contributed by atoms with E-state index >= 15 is 0 Å². The number of ketones is 1. The molecule has 3 heteroatoms. The highest BCUT2D eigenvalue weighted by Crippen LogP contribution is 2.11. The number of nitrogens with zero attached hydrogens (tertiary/aromatic N) is 1. The number of Topliss-reactive ketones (excluding diaryl/α,β-unsaturated/α-hetero) is 1. The third-order valence-corrected chi connectivity index (χ3v) is 1.15. The Morgan fingerprint density at radius 3 is 2.78 bits per heavy atom. The van der Waals surface area contributed by atoms with Crippen molar-refractivity contribution in [3.8, 4) is 6.07 Å². The zero-order chi connectivity index (χ0) is 6.85. The minimum Gasteiger partial charge on any atom is -0.489 e. The minimum atomic E-state index is -0.459. The van der Waals surface area contributed by atoms with E-state index in [1.54, 1.807) is 13.0 Å². The van der Waals surface area contributed by atoms with Crippen molar-refractivity contribution in [3.05, 3.63) is 11.8 Å². The monoisotopic (exact) mass is 123 g/mol. The molecule has 0 saturated carbocycles. The lowest BCUT2D eigenvalue weighted by Crippen LogP contribution is -2.12. The van der Waals surface area contributed by atoms with Gasteiger partial charge in [-0.1, -0.05) is 0 Å². The molecule has 0 aromatic carbocycles. The topological polar surface area (TPSA) is 50.1 Å². The molecular weight excluding hydrogens is 118 g/mol. The maximum atomic E-state index is 10.7. The highest BCUT2D eigenvalue weighted by molar-refractivity contribution is 6.03. The van der Waals surface area contributed by atoms with Crippen LogP contribution in [0.25, 0.3) is 0 Å². The van der Waals surface area contributed by atoms with Crippen LogP contribution in [0.2, 0.25) is 0 Å². The number of carbonyl (C=O) groups excluding carboxylic acids is 1. The number of hydrogen-bond donors (Lipinski definition) is 0. The first-order valence-corrected chi connectivity index (χ1v) is 2.55. The van der Waals surface area contributed by atoms with E-state index in [1.807, 2.05) is 0 Å². The lowest BCUT2D eigenvalue weighted by Gasteiger charge is -1.96. The first-order chi connectivity index (χ1) is 4.25. The Morgan fingerprint density at radius 2 is 2.56 bits per heavy atom. The molecule has 46 valence electrons. The Bertz CT molecular complexity index is 212. The van der Waals surface area contributed by atoms with Gasteiger partial charge < -0.3 is 4.74 Å². The van der Waals surface area contributed by atoms with Crippen LogP contribution in [0.4, 0.5) is 0 Å². The van der Waals surface area contributed by atoms with Crippen LogP contribution in [0, 0.1) is 11.3 Å². The van der Waals surface area contributed by atoms with Crippen LogP contribution in [-0.4, -0.2) is 11.9 Å². The second-order valence-corrected chi connectivity index (χ2v) is 1.79. The van der Waals surface area contributed by atoms with Gasteiger partial charge in [0.05, 0.1) is 0 Å². The van der Waals surface area contributed by atoms with E-state index in [0.717, 1.165) is 0 Å². The van der Waals surface area contributed by atoms with Gasteiger partial charge in [0, 0.05) is 0 Å². The summed E-state index contributed by atoms with van der Waals surface area (Å²) in [5.41, 5.74) is 0.113. The van der Waals surface area contributed by atoms with Gasteiger partial charge in [0.25, 0.3) is 0 Å². The predicted octanol–water partition coefficient (Wildman–Crippen LogP) is 0.382. The molecule has 1 aliphatic heterocycles. The molecular formula is C6H5NO2. The maximum Gasteiger partial charge on any atom is 0.216 e. The zero-order valence-electron chi connectivity index (χ0n) is 4.92. The summed E-state index contributed by atoms with van der Waals surface area (Å²) in [5, 5.41) is 8.24. The summed E-state index contributed by atoms with van der Waals surface area (Å²) >= 11 is 0. The molecule has 0 fully saturated rings. The van der Waals surface area contributed by atoms with Crippen molar-refractivity contribution >= 4 is 5.78 Å². The normalized spacial score (nSPS) is 24.7. The van der Waals surface area contributed by atoms with Crippen LogP contribution in [0.15, 0.2) is 11.8 Å². The van der Waals surface area contributed by atoms with Gasteiger partial charge in [-0.25, -0.2) is 0 Å². The molecule has 0 bridgehead atoms. The first kappa shape index (κ1) is 5.83. The number of rotatable bonds is 0. The minimum absolute atomic E-state index is 0.113. The molecule has 1 aliphatic rings. The van der Waals surface area contributed by atoms with Gasteiger partial charge >= 0.3 is 0 Å². The summed E-state index contributed by atoms with van der Waals surface area (Å²) in [5.74, 6) is -0.225. The van der Waals surface area contributed by atoms with E-state index in [1.165, 1.54) is 6.26 Å². The molecule has 0 spiro atoms. The average Bonchev–Trinajstić information content (AvgIpc) is 2.15. The first-order valence-electron chi connectivity index (χ1n) is 2.55. The third kappa shape index (κ3) is 0.789. The van der Waals surface area contributed by atoms with Crippen LogP contribution in [0.3, 0.4) is 0 Å². The fourth-order valence-corrected chi connectivity index (χ4v) is 0.590. The van der Waals surface area contributed by atoms with Crippen molar-refractivity contribution in [1.29, 1.82) is 5.26 Å². The SMILES string of the molecule is CC1OC=C(C#N)C1=O. The molecule has 9 heavy (non-hydrogen) atoms. The molecule has 0 saturated heterocycles. The molecule has 1 unspecified atom stereocenters. The van der Waals surface area contributed by atoms with Crippen LogP contribution in [0.1, 0.15) is 6.92 Å². The molecule has 1 rings (SSSR count). The molecule has 0 radical (unpaired) electrons. The maximum absolute atomic E-state index is 10.7. The fraction of sp³-hybridized carbons (Fsp3) is 0.333. The molecule has 3 nitrogen and oxygen atoms in total. The fourth-order valence-electron chi connectivity index (χ4n) is 0.590. The van der Waals surface area contributed by atoms with E-state index in [0.29, 0.717) is 0 Å². The number of carbonyl (C=O) groups is 1. The lowest BCUT2D eigenvalue weighted by molar-refractivity contribution is -0.120. The van der Waals surface area contributed by atoms with E-state index < -0.39 is 6.10 Å². The second-order valence-electron chi connectivity index (χ2n) is 1.79. The number of nitriles is 1. The summed E-state index contributed by atoms with van der Waals surface area (Å²) in [6.45, 7) is 1.61. The van der Waals surface area contributed by atoms with Crippen molar-refractivity contribution < 1.29 is 9.53 Å². The molecule has 0 N–H and O–H groups in total. The molecule has 1 atom stereocenters. The lowest BCUT2D eigenvalue weighted by atomic mass is 10.2. The summed E-state index contributed by atoms with van der Waals surface area (Å²) in [6, 6.07) is 1.73. The summed E-state index contributed by atoms with van der Waals surface area (Å²) in [4.78, 5) is 10.7. The van der Waals surface area contributed by atoms with Crippen LogP contribution in [-0.2, 0) is 9.53 Å². The zero-order valence-corrected chi connectivity index (χ0v) is 4.92. The van der Waals surface area contributed by atoms with E-state index in [-0.39, 0.29) is 11.4 Å². The largest absolute Gasteiger partial charge is 0.489 e. The Kier molecular flexibility index (Phi) is 1.23. The Balaban J connectivity index is 2.82. The molecule has 0 amide bonds. The van der Waals surface area contributed by atoms with E-state index in [2.05, 4.69) is 0 Å². The van der Waals surface area contributed by atoms with Crippen LogP contribution in [0.5, 0.6) is 0 Å². The van der Waals surface area contributed by atoms with Crippen molar-refractivity contribution in [1.82, 2.24) is 0 Å². The Hall–Kier alpha value is -1.30. The summed E-state index contributed by atoms with van der Waals surface area (Å²) < 4.78 is 4.73. The van der Waals surface area contributed by atoms with Gasteiger partial charge in [-0.05, 0) is 6.92 Å². The van der Waals surface area contributed by atoms with Crippen molar-refractivity contribution in [3.63, 3.8) is 0 Å². The van der Waals surface area contributed by atoms with Gasteiger partial charge in [0.15, 0.2) is 6.10 Å². The quantitative estimate of drug-likeness (QED) is 0.468. The van der Waals surface area contributed by atoms with Gasteiger partial charge in [0.2, 0.25) is 5.78 Å². The van der Waals surface area contributed by atoms with Crippen molar-refractivity contribution in [2.75, 3.05) is 0 Å².